The molecule has 0 aliphatic carbocycles. The van der Waals surface area contributed by atoms with Gasteiger partial charge in [-0.3, -0.25) is 0 Å². The Balaban J connectivity index is 1.98. The molecule has 8 heteroatoms. The van der Waals surface area contributed by atoms with Crippen molar-refractivity contribution in [1.82, 2.24) is 0 Å². The van der Waals surface area contributed by atoms with Crippen LogP contribution >= 0.6 is 0 Å². The lowest BCUT2D eigenvalue weighted by Gasteiger charge is -2.39. The van der Waals surface area contributed by atoms with Crippen molar-refractivity contribution in [3.63, 3.8) is 0 Å². The van der Waals surface area contributed by atoms with Gasteiger partial charge in [0.2, 0.25) is 5.69 Å². The van der Waals surface area contributed by atoms with E-state index in [4.69, 9.17) is 9.47 Å². The van der Waals surface area contributed by atoms with E-state index < -0.39 is 12.2 Å². The predicted molar refractivity (Wildman–Crippen MR) is 148 cm³/mol. The number of amides is 2. The van der Waals surface area contributed by atoms with Crippen LogP contribution in [-0.4, -0.2) is 49.8 Å². The number of nitrogens with zero attached hydrogens (tertiary/aromatic N) is 4. The van der Waals surface area contributed by atoms with Crippen LogP contribution in [0.2, 0.25) is 0 Å². The van der Waals surface area contributed by atoms with E-state index >= 15 is 0 Å². The third kappa shape index (κ3) is 4.87. The first-order chi connectivity index (χ1) is 17.9. The summed E-state index contributed by atoms with van der Waals surface area (Å²) in [6.07, 6.45) is -1.03. The molecule has 8 nitrogen and oxygen atoms in total. The maximum atomic E-state index is 13.3. The lowest BCUT2D eigenvalue weighted by molar-refractivity contribution is -0.347. The van der Waals surface area contributed by atoms with Crippen LogP contribution in [0.25, 0.3) is 0 Å². The molecule has 4 rings (SSSR count). The second-order valence-electron chi connectivity index (χ2n) is 8.35. The molecule has 1 heterocycles. The maximum Gasteiger partial charge on any atom is 0.601 e. The molecule has 0 radical (unpaired) electrons. The number of rotatable bonds is 7. The second-order valence-corrected chi connectivity index (χ2v) is 8.35. The number of carbonyl (C=O) groups excluding carboxylic acids is 2. The number of anilines is 6. The van der Waals surface area contributed by atoms with E-state index in [1.165, 1.54) is 4.58 Å². The predicted octanol–water partition coefficient (Wildman–Crippen LogP) is 7.11. The van der Waals surface area contributed by atoms with Crippen LogP contribution in [0, 0.1) is 0 Å². The largest absolute Gasteiger partial charge is 0.601 e. The van der Waals surface area contributed by atoms with E-state index in [0.29, 0.717) is 22.7 Å². The lowest BCUT2D eigenvalue weighted by atomic mass is 10.0. The van der Waals surface area contributed by atoms with E-state index in [-0.39, 0.29) is 13.2 Å². The molecule has 0 saturated carbocycles. The average molecular weight is 502 g/mol. The fourth-order valence-electron chi connectivity index (χ4n) is 4.52. The summed E-state index contributed by atoms with van der Waals surface area (Å²) in [5.41, 5.74) is 5.35. The monoisotopic (exact) mass is 501 g/mol. The summed E-state index contributed by atoms with van der Waals surface area (Å²) in [6, 6.07) is 21.4. The van der Waals surface area contributed by atoms with Gasteiger partial charge in [-0.25, -0.2) is 9.69 Å². The smallest absolute Gasteiger partial charge is 0.449 e. The van der Waals surface area contributed by atoms with Crippen LogP contribution in [0.1, 0.15) is 27.7 Å². The van der Waals surface area contributed by atoms with E-state index in [0.717, 1.165) is 30.2 Å². The molecule has 37 heavy (non-hydrogen) atoms. The van der Waals surface area contributed by atoms with Gasteiger partial charge in [-0.1, -0.05) is 22.8 Å². The molecule has 0 bridgehead atoms. The van der Waals surface area contributed by atoms with Gasteiger partial charge in [-0.2, -0.15) is 4.79 Å². The summed E-state index contributed by atoms with van der Waals surface area (Å²) in [7, 11) is 0. The molecule has 0 atom stereocenters. The molecule has 0 aromatic heterocycles. The minimum atomic E-state index is -0.559. The van der Waals surface area contributed by atoms with Gasteiger partial charge in [0.15, 0.2) is 0 Å². The van der Waals surface area contributed by atoms with E-state index in [2.05, 4.69) is 36.4 Å². The molecule has 0 fully saturated rings. The van der Waals surface area contributed by atoms with Gasteiger partial charge in [0, 0.05) is 36.6 Å². The first-order valence-corrected chi connectivity index (χ1v) is 12.6. The first-order valence-electron chi connectivity index (χ1n) is 12.6. The third-order valence-electron chi connectivity index (χ3n) is 6.27. The zero-order valence-electron chi connectivity index (χ0n) is 21.8. The van der Waals surface area contributed by atoms with Crippen LogP contribution in [0.15, 0.2) is 66.7 Å². The summed E-state index contributed by atoms with van der Waals surface area (Å²) in [5, 5.41) is 0. The van der Waals surface area contributed by atoms with Crippen LogP contribution in [-0.2, 0) is 9.47 Å². The zero-order valence-corrected chi connectivity index (χ0v) is 21.8. The number of para-hydroxylation sites is 1. The Kier molecular flexibility index (Phi) is 7.77. The topological polar surface area (TPSA) is 65.3 Å². The van der Waals surface area contributed by atoms with E-state index in [9.17, 15) is 9.59 Å². The lowest BCUT2D eigenvalue weighted by Crippen LogP contribution is -2.33. The van der Waals surface area contributed by atoms with Crippen LogP contribution in [0.5, 0.6) is 0 Å². The Bertz CT molecular complexity index is 1300. The molecule has 0 unspecified atom stereocenters. The highest BCUT2D eigenvalue weighted by molar-refractivity contribution is 6.10. The number of benzene rings is 3. The summed E-state index contributed by atoms with van der Waals surface area (Å²) >= 11 is 0. The quantitative estimate of drug-likeness (QED) is 0.254. The molecule has 0 N–H and O–H groups in total. The minimum absolute atomic E-state index is 0.240. The molecule has 3 aromatic rings. The summed E-state index contributed by atoms with van der Waals surface area (Å²) in [4.78, 5) is 31.7. The first kappa shape index (κ1) is 25.8. The van der Waals surface area contributed by atoms with Crippen molar-refractivity contribution >= 4 is 58.7 Å². The molecule has 3 aromatic carbocycles. The molecule has 2 amide bonds. The van der Waals surface area contributed by atoms with Crippen molar-refractivity contribution in [2.24, 2.45) is 0 Å². The van der Waals surface area contributed by atoms with E-state index in [1.54, 1.807) is 30.9 Å². The van der Waals surface area contributed by atoms with Gasteiger partial charge in [-0.15, -0.1) is 0 Å². The van der Waals surface area contributed by atoms with Crippen molar-refractivity contribution in [3.05, 3.63) is 66.7 Å². The van der Waals surface area contributed by atoms with Gasteiger partial charge in [0.25, 0.3) is 0 Å². The van der Waals surface area contributed by atoms with Gasteiger partial charge < -0.3 is 19.3 Å². The Hall–Kier alpha value is -4.33. The molecule has 0 saturated heterocycles. The standard InChI is InChI=1S/C29H33N4O4/c1-6-31(7-2)23-16-18-25-27(20-23)32(21-13-11-10-12-14-21)26-19-22(30(5)28(34)36-8-3)15-17-24(26)33(25)29(35)37-9-4/h10-20H,5-9H2,1-4H3/q+1. The number of hydrogen-bond acceptors (Lipinski definition) is 6. The van der Waals surface area contributed by atoms with Crippen molar-refractivity contribution in [1.29, 1.82) is 0 Å². The Labute approximate surface area is 217 Å². The zero-order chi connectivity index (χ0) is 26.5. The number of carbonyl (C=O) groups is 2. The summed E-state index contributed by atoms with van der Waals surface area (Å²) in [6.45, 7) is 13.8. The van der Waals surface area contributed by atoms with Crippen LogP contribution in [0.3, 0.4) is 0 Å². The molecule has 0 spiro atoms. The SMILES string of the molecule is C=[N+](C(=O)OCC)c1ccc2c(c1)N(c1ccccc1)c1cc(N(CC)CC)ccc1N2C(=O)OCC. The van der Waals surface area contributed by atoms with Gasteiger partial charge in [-0.05, 0) is 64.1 Å². The molecular formula is C29H33N4O4+. The van der Waals surface area contributed by atoms with E-state index in [1.807, 2.05) is 48.5 Å². The Morgan fingerprint density at radius 2 is 1.43 bits per heavy atom. The van der Waals surface area contributed by atoms with Gasteiger partial charge in [0.05, 0.1) is 36.0 Å². The summed E-state index contributed by atoms with van der Waals surface area (Å²) < 4.78 is 11.8. The Morgan fingerprint density at radius 3 is 2.05 bits per heavy atom. The second kappa shape index (κ2) is 11.2. The van der Waals surface area contributed by atoms with Crippen molar-refractivity contribution in [2.75, 3.05) is 41.0 Å². The van der Waals surface area contributed by atoms with Crippen LogP contribution < -0.4 is 14.7 Å². The highest BCUT2D eigenvalue weighted by atomic mass is 16.6. The number of hydrogen-bond donors (Lipinski definition) is 0. The maximum absolute atomic E-state index is 13.3. The van der Waals surface area contributed by atoms with Gasteiger partial charge >= 0.3 is 12.2 Å². The fraction of sp³-hybridized carbons (Fsp3) is 0.276. The Morgan fingerprint density at radius 1 is 0.811 bits per heavy atom. The number of fused-ring (bicyclic) bond motifs is 2. The molecule has 1 aliphatic rings. The van der Waals surface area contributed by atoms with Gasteiger partial charge in [0.1, 0.15) is 6.72 Å². The average Bonchev–Trinajstić information content (AvgIpc) is 2.92. The van der Waals surface area contributed by atoms with Crippen LogP contribution in [0.4, 0.5) is 49.4 Å². The highest BCUT2D eigenvalue weighted by Gasteiger charge is 2.36. The highest BCUT2D eigenvalue weighted by Crippen LogP contribution is 2.53. The normalized spacial score (nSPS) is 11.9. The molecule has 1 aliphatic heterocycles. The third-order valence-corrected chi connectivity index (χ3v) is 6.27. The number of ether oxygens (including phenoxy) is 2. The van der Waals surface area contributed by atoms with Crippen molar-refractivity contribution in [2.45, 2.75) is 27.7 Å². The molecular weight excluding hydrogens is 468 g/mol. The fourth-order valence-corrected chi connectivity index (χ4v) is 4.52. The molecule has 192 valence electrons. The van der Waals surface area contributed by atoms with Crippen molar-refractivity contribution < 1.29 is 23.6 Å². The minimum Gasteiger partial charge on any atom is -0.449 e. The summed E-state index contributed by atoms with van der Waals surface area (Å²) in [5.74, 6) is 0. The van der Waals surface area contributed by atoms with Crippen molar-refractivity contribution in [3.8, 4) is 0 Å².